The molecule has 2 heteroatoms. The maximum Gasteiger partial charge on any atom is 0.221 e. The molecular formula is C12H16NO. The van der Waals surface area contributed by atoms with Gasteiger partial charge in [-0.3, -0.25) is 4.79 Å². The molecule has 1 rings (SSSR count). The number of anilines is 1. The van der Waals surface area contributed by atoms with Gasteiger partial charge in [-0.2, -0.15) is 0 Å². The zero-order valence-electron chi connectivity index (χ0n) is 8.76. The third-order valence-corrected chi connectivity index (χ3v) is 2.06. The number of unbranched alkanes of at least 4 members (excludes halogenated alkanes) is 1. The third-order valence-electron chi connectivity index (χ3n) is 2.06. The van der Waals surface area contributed by atoms with Crippen molar-refractivity contribution in [1.29, 1.82) is 0 Å². The fraction of sp³-hybridized carbons (Fsp3) is 0.417. The van der Waals surface area contributed by atoms with Crippen LogP contribution in [0.25, 0.3) is 0 Å². The van der Waals surface area contributed by atoms with Crippen molar-refractivity contribution in [2.24, 2.45) is 0 Å². The van der Waals surface area contributed by atoms with Crippen LogP contribution in [0.3, 0.4) is 0 Å². The number of benzene rings is 1. The number of carbonyl (C=O) groups excluding carboxylic acids is 1. The predicted molar refractivity (Wildman–Crippen MR) is 58.2 cm³/mol. The molecule has 1 radical (unpaired) electrons. The molecule has 0 fully saturated rings. The molecule has 1 amide bonds. The van der Waals surface area contributed by atoms with Crippen LogP contribution in [0.5, 0.6) is 0 Å². The van der Waals surface area contributed by atoms with Crippen LogP contribution in [-0.2, 0) is 11.2 Å². The zero-order chi connectivity index (χ0) is 10.4. The number of hydrogen-bond acceptors (Lipinski definition) is 1. The highest BCUT2D eigenvalue weighted by Crippen LogP contribution is 2.16. The molecule has 0 aromatic heterocycles. The van der Waals surface area contributed by atoms with Gasteiger partial charge in [-0.15, -0.1) is 0 Å². The van der Waals surface area contributed by atoms with Crippen LogP contribution in [-0.4, -0.2) is 5.91 Å². The second-order valence-electron chi connectivity index (χ2n) is 3.37. The van der Waals surface area contributed by atoms with E-state index in [-0.39, 0.29) is 5.91 Å². The van der Waals surface area contributed by atoms with Gasteiger partial charge in [0.1, 0.15) is 0 Å². The van der Waals surface area contributed by atoms with E-state index in [1.165, 1.54) is 12.5 Å². The minimum absolute atomic E-state index is 0.0256. The van der Waals surface area contributed by atoms with Gasteiger partial charge in [0.25, 0.3) is 0 Å². The molecule has 0 atom stereocenters. The first-order chi connectivity index (χ1) is 6.74. The summed E-state index contributed by atoms with van der Waals surface area (Å²) in [6.07, 6.45) is 3.33. The first-order valence-electron chi connectivity index (χ1n) is 5.00. The summed E-state index contributed by atoms with van der Waals surface area (Å²) in [7, 11) is 0. The molecule has 75 valence electrons. The van der Waals surface area contributed by atoms with Gasteiger partial charge in [-0.05, 0) is 30.5 Å². The Bertz CT molecular complexity index is 307. The molecule has 0 saturated heterocycles. The Labute approximate surface area is 85.3 Å². The lowest BCUT2D eigenvalue weighted by atomic mass is 10.1. The molecular weight excluding hydrogens is 174 g/mol. The summed E-state index contributed by atoms with van der Waals surface area (Å²) in [5.41, 5.74) is 2.09. The van der Waals surface area contributed by atoms with E-state index in [2.05, 4.69) is 18.3 Å². The number of carbonyl (C=O) groups is 1. The molecule has 0 aliphatic heterocycles. The van der Waals surface area contributed by atoms with Gasteiger partial charge in [-0.25, -0.2) is 0 Å². The number of aryl methyl sites for hydroxylation is 1. The quantitative estimate of drug-likeness (QED) is 0.777. The second kappa shape index (κ2) is 5.43. The monoisotopic (exact) mass is 190 g/mol. The summed E-state index contributed by atoms with van der Waals surface area (Å²) in [5, 5.41) is 2.81. The minimum Gasteiger partial charge on any atom is -0.326 e. The van der Waals surface area contributed by atoms with E-state index < -0.39 is 0 Å². The first kappa shape index (κ1) is 10.8. The van der Waals surface area contributed by atoms with Crippen LogP contribution in [0.4, 0.5) is 5.69 Å². The Morgan fingerprint density at radius 2 is 2.36 bits per heavy atom. The maximum absolute atomic E-state index is 10.9. The average molecular weight is 190 g/mol. The van der Waals surface area contributed by atoms with Crippen molar-refractivity contribution < 1.29 is 4.79 Å². The van der Waals surface area contributed by atoms with Crippen LogP contribution in [0.1, 0.15) is 32.3 Å². The topological polar surface area (TPSA) is 29.1 Å². The maximum atomic E-state index is 10.9. The molecule has 1 aromatic carbocycles. The lowest BCUT2D eigenvalue weighted by Crippen LogP contribution is -2.08. The number of amides is 1. The van der Waals surface area contributed by atoms with Gasteiger partial charge >= 0.3 is 0 Å². The van der Waals surface area contributed by atoms with Crippen LogP contribution in [0.15, 0.2) is 18.2 Å². The van der Waals surface area contributed by atoms with Gasteiger partial charge in [0.05, 0.1) is 0 Å². The van der Waals surface area contributed by atoms with Gasteiger partial charge in [0.15, 0.2) is 0 Å². The lowest BCUT2D eigenvalue weighted by molar-refractivity contribution is -0.114. The van der Waals surface area contributed by atoms with Crippen LogP contribution >= 0.6 is 0 Å². The zero-order valence-corrected chi connectivity index (χ0v) is 8.76. The largest absolute Gasteiger partial charge is 0.326 e. The molecule has 1 N–H and O–H groups in total. The first-order valence-corrected chi connectivity index (χ1v) is 5.00. The van der Waals surface area contributed by atoms with Gasteiger partial charge in [-0.1, -0.05) is 25.5 Å². The van der Waals surface area contributed by atoms with Crippen LogP contribution in [0.2, 0.25) is 0 Å². The Balaban J connectivity index is 2.74. The molecule has 0 bridgehead atoms. The second-order valence-corrected chi connectivity index (χ2v) is 3.37. The SMILES string of the molecule is CCCCc1cc[c]cc1NC(C)=O. The van der Waals surface area contributed by atoms with Gasteiger partial charge in [0, 0.05) is 12.6 Å². The Morgan fingerprint density at radius 1 is 1.57 bits per heavy atom. The Hall–Kier alpha value is -1.31. The molecule has 0 heterocycles. The smallest absolute Gasteiger partial charge is 0.221 e. The molecule has 14 heavy (non-hydrogen) atoms. The Morgan fingerprint density at radius 3 is 3.00 bits per heavy atom. The van der Waals surface area contributed by atoms with E-state index in [4.69, 9.17) is 0 Å². The van der Waals surface area contributed by atoms with Crippen LogP contribution in [0, 0.1) is 6.07 Å². The fourth-order valence-electron chi connectivity index (χ4n) is 1.35. The number of hydrogen-bond donors (Lipinski definition) is 1. The van der Waals surface area contributed by atoms with Crippen molar-refractivity contribution >= 4 is 11.6 Å². The summed E-state index contributed by atoms with van der Waals surface area (Å²) in [5.74, 6) is -0.0256. The van der Waals surface area contributed by atoms with Crippen molar-refractivity contribution in [3.05, 3.63) is 29.8 Å². The van der Waals surface area contributed by atoms with E-state index in [0.29, 0.717) is 0 Å². The van der Waals surface area contributed by atoms with E-state index in [0.717, 1.165) is 24.9 Å². The molecule has 0 aliphatic carbocycles. The summed E-state index contributed by atoms with van der Waals surface area (Å²) in [6, 6.07) is 8.69. The number of nitrogens with one attached hydrogen (secondary N) is 1. The molecule has 0 unspecified atom stereocenters. The minimum atomic E-state index is -0.0256. The van der Waals surface area contributed by atoms with E-state index >= 15 is 0 Å². The van der Waals surface area contributed by atoms with Gasteiger partial charge < -0.3 is 5.32 Å². The van der Waals surface area contributed by atoms with Gasteiger partial charge in [0.2, 0.25) is 5.91 Å². The summed E-state index contributed by atoms with van der Waals surface area (Å²) >= 11 is 0. The van der Waals surface area contributed by atoms with Crippen molar-refractivity contribution in [1.82, 2.24) is 0 Å². The average Bonchev–Trinajstić information content (AvgIpc) is 2.16. The van der Waals surface area contributed by atoms with Crippen molar-refractivity contribution in [3.8, 4) is 0 Å². The van der Waals surface area contributed by atoms with Crippen molar-refractivity contribution in [2.75, 3.05) is 5.32 Å². The summed E-state index contributed by atoms with van der Waals surface area (Å²) < 4.78 is 0. The molecule has 2 nitrogen and oxygen atoms in total. The lowest BCUT2D eigenvalue weighted by Gasteiger charge is -2.08. The van der Waals surface area contributed by atoms with E-state index in [1.807, 2.05) is 18.2 Å². The number of rotatable bonds is 4. The highest BCUT2D eigenvalue weighted by Gasteiger charge is 2.01. The summed E-state index contributed by atoms with van der Waals surface area (Å²) in [6.45, 7) is 3.68. The molecule has 1 aromatic rings. The van der Waals surface area contributed by atoms with E-state index in [1.54, 1.807) is 0 Å². The van der Waals surface area contributed by atoms with E-state index in [9.17, 15) is 4.79 Å². The standard InChI is InChI=1S/C12H16NO/c1-3-4-7-11-8-5-6-9-12(11)13-10(2)14/h5,8-9H,3-4,7H2,1-2H3,(H,13,14). The highest BCUT2D eigenvalue weighted by atomic mass is 16.1. The fourth-order valence-corrected chi connectivity index (χ4v) is 1.35. The molecule has 0 aliphatic rings. The van der Waals surface area contributed by atoms with Crippen molar-refractivity contribution in [3.63, 3.8) is 0 Å². The highest BCUT2D eigenvalue weighted by molar-refractivity contribution is 5.89. The summed E-state index contributed by atoms with van der Waals surface area (Å²) in [4.78, 5) is 10.9. The Kier molecular flexibility index (Phi) is 4.17. The third kappa shape index (κ3) is 3.21. The normalized spacial score (nSPS) is 9.86. The van der Waals surface area contributed by atoms with Crippen molar-refractivity contribution in [2.45, 2.75) is 33.1 Å². The predicted octanol–water partition coefficient (Wildman–Crippen LogP) is 2.79. The van der Waals surface area contributed by atoms with Crippen LogP contribution < -0.4 is 5.32 Å². The molecule has 0 spiro atoms. The molecule has 0 saturated carbocycles.